The molecule has 1 aliphatic rings. The zero-order chi connectivity index (χ0) is 40.3. The molecule has 12 rings (SSSR count). The molecule has 1 aromatic heterocycles. The highest BCUT2D eigenvalue weighted by Crippen LogP contribution is 2.57. The first-order valence-corrected chi connectivity index (χ1v) is 20.9. The van der Waals surface area contributed by atoms with Crippen molar-refractivity contribution in [3.05, 3.63) is 253 Å². The molecule has 0 atom stereocenters. The maximum Gasteiger partial charge on any atom is 0.227 e. The quantitative estimate of drug-likeness (QED) is 0.151. The van der Waals surface area contributed by atoms with Crippen molar-refractivity contribution in [3.8, 4) is 33.7 Å². The summed E-state index contributed by atoms with van der Waals surface area (Å²) >= 11 is 0. The van der Waals surface area contributed by atoms with Gasteiger partial charge in [-0.2, -0.15) is 0 Å². The third kappa shape index (κ3) is 5.55. The minimum absolute atomic E-state index is 0.527. The zero-order valence-corrected chi connectivity index (χ0v) is 33.2. The van der Waals surface area contributed by atoms with Gasteiger partial charge in [-0.05, 0) is 115 Å². The number of aromatic nitrogens is 1. The van der Waals surface area contributed by atoms with E-state index in [4.69, 9.17) is 9.40 Å². The van der Waals surface area contributed by atoms with Gasteiger partial charge >= 0.3 is 0 Å². The molecule has 0 amide bonds. The molecule has 10 aromatic carbocycles. The van der Waals surface area contributed by atoms with Crippen LogP contribution in [-0.2, 0) is 5.41 Å². The molecule has 0 saturated carbocycles. The summed E-state index contributed by atoms with van der Waals surface area (Å²) in [7, 11) is 0. The van der Waals surface area contributed by atoms with Crippen LogP contribution in [0.2, 0.25) is 0 Å². The SMILES string of the molecule is c1ccc(-c2ccc(N(c3ccc4c(c3)C(c3ccccc3)(c3ccccc3)c3ccccc3-4)c3ccc4ccc5ccc6nc(-c7ccccc7)oc6c5c4c3)cc2)cc1. The van der Waals surface area contributed by atoms with Crippen LogP contribution in [0.3, 0.4) is 0 Å². The molecule has 0 fully saturated rings. The number of rotatable bonds is 7. The second kappa shape index (κ2) is 14.1. The molecule has 61 heavy (non-hydrogen) atoms. The van der Waals surface area contributed by atoms with E-state index in [1.807, 2.05) is 30.3 Å². The van der Waals surface area contributed by atoms with Crippen LogP contribution in [-0.4, -0.2) is 4.98 Å². The maximum atomic E-state index is 6.66. The Kier molecular flexibility index (Phi) is 8.07. The van der Waals surface area contributed by atoms with Crippen molar-refractivity contribution < 1.29 is 4.42 Å². The second-order valence-electron chi connectivity index (χ2n) is 15.9. The average molecular weight is 779 g/mol. The predicted octanol–water partition coefficient (Wildman–Crippen LogP) is 15.3. The molecule has 0 N–H and O–H groups in total. The summed E-state index contributed by atoms with van der Waals surface area (Å²) in [4.78, 5) is 7.37. The van der Waals surface area contributed by atoms with Crippen LogP contribution < -0.4 is 4.90 Å². The lowest BCUT2D eigenvalue weighted by atomic mass is 9.67. The van der Waals surface area contributed by atoms with Gasteiger partial charge < -0.3 is 9.32 Å². The molecular weight excluding hydrogens is 741 g/mol. The Morgan fingerprint density at radius 3 is 1.64 bits per heavy atom. The maximum absolute atomic E-state index is 6.66. The van der Waals surface area contributed by atoms with Gasteiger partial charge in [0.25, 0.3) is 0 Å². The molecule has 0 bridgehead atoms. The molecule has 1 aliphatic carbocycles. The molecule has 286 valence electrons. The summed E-state index contributed by atoms with van der Waals surface area (Å²) in [6.07, 6.45) is 0. The molecule has 3 heteroatoms. The Bertz CT molecular complexity index is 3350. The van der Waals surface area contributed by atoms with E-state index < -0.39 is 5.41 Å². The largest absolute Gasteiger partial charge is 0.435 e. The predicted molar refractivity (Wildman–Crippen MR) is 252 cm³/mol. The highest BCUT2D eigenvalue weighted by atomic mass is 16.3. The highest BCUT2D eigenvalue weighted by Gasteiger charge is 2.46. The topological polar surface area (TPSA) is 29.3 Å². The molecule has 0 aliphatic heterocycles. The smallest absolute Gasteiger partial charge is 0.227 e. The number of fused-ring (bicyclic) bond motifs is 8. The van der Waals surface area contributed by atoms with Gasteiger partial charge in [-0.15, -0.1) is 0 Å². The lowest BCUT2D eigenvalue weighted by molar-refractivity contribution is 0.623. The number of hydrogen-bond donors (Lipinski definition) is 0. The van der Waals surface area contributed by atoms with Gasteiger partial charge in [-0.3, -0.25) is 0 Å². The number of nitrogens with zero attached hydrogens (tertiary/aromatic N) is 2. The minimum Gasteiger partial charge on any atom is -0.435 e. The van der Waals surface area contributed by atoms with Crippen LogP contribution in [0.25, 0.3) is 66.4 Å². The Morgan fingerprint density at radius 2 is 0.918 bits per heavy atom. The Labute approximate surface area is 354 Å². The number of oxazole rings is 1. The van der Waals surface area contributed by atoms with Crippen LogP contribution >= 0.6 is 0 Å². The third-order valence-electron chi connectivity index (χ3n) is 12.6. The lowest BCUT2D eigenvalue weighted by Gasteiger charge is -2.35. The van der Waals surface area contributed by atoms with Gasteiger partial charge in [0.2, 0.25) is 5.89 Å². The van der Waals surface area contributed by atoms with Crippen molar-refractivity contribution in [1.29, 1.82) is 0 Å². The molecule has 0 saturated heterocycles. The zero-order valence-electron chi connectivity index (χ0n) is 33.2. The minimum atomic E-state index is -0.527. The number of benzene rings is 10. The van der Waals surface area contributed by atoms with Crippen molar-refractivity contribution in [1.82, 2.24) is 4.98 Å². The second-order valence-corrected chi connectivity index (χ2v) is 15.9. The lowest BCUT2D eigenvalue weighted by Crippen LogP contribution is -2.28. The van der Waals surface area contributed by atoms with E-state index in [2.05, 4.69) is 205 Å². The average Bonchev–Trinajstić information content (AvgIpc) is 3.91. The molecule has 0 unspecified atom stereocenters. The fraction of sp³-hybridized carbons (Fsp3) is 0.0172. The summed E-state index contributed by atoms with van der Waals surface area (Å²) in [5, 5.41) is 4.41. The molecule has 0 spiro atoms. The van der Waals surface area contributed by atoms with Crippen molar-refractivity contribution in [2.45, 2.75) is 5.41 Å². The van der Waals surface area contributed by atoms with E-state index in [0.717, 1.165) is 55.3 Å². The van der Waals surface area contributed by atoms with Crippen LogP contribution in [0, 0.1) is 0 Å². The van der Waals surface area contributed by atoms with E-state index in [0.29, 0.717) is 5.89 Å². The van der Waals surface area contributed by atoms with Gasteiger partial charge in [0.05, 0.1) is 5.41 Å². The van der Waals surface area contributed by atoms with Crippen LogP contribution in [0.5, 0.6) is 0 Å². The van der Waals surface area contributed by atoms with Crippen molar-refractivity contribution >= 4 is 49.7 Å². The Morgan fingerprint density at radius 1 is 0.393 bits per heavy atom. The van der Waals surface area contributed by atoms with Crippen molar-refractivity contribution in [2.75, 3.05) is 4.90 Å². The number of hydrogen-bond acceptors (Lipinski definition) is 3. The first-order valence-electron chi connectivity index (χ1n) is 20.9. The first kappa shape index (κ1) is 35.0. The van der Waals surface area contributed by atoms with Crippen LogP contribution in [0.15, 0.2) is 235 Å². The van der Waals surface area contributed by atoms with Gasteiger partial charge in [0.1, 0.15) is 5.52 Å². The van der Waals surface area contributed by atoms with E-state index in [-0.39, 0.29) is 0 Å². The molecule has 3 nitrogen and oxygen atoms in total. The van der Waals surface area contributed by atoms with E-state index in [1.165, 1.54) is 44.5 Å². The normalized spacial score (nSPS) is 12.7. The first-order chi connectivity index (χ1) is 30.2. The van der Waals surface area contributed by atoms with Crippen LogP contribution in [0.1, 0.15) is 22.3 Å². The standard InChI is InChI=1S/C58H38N2O/c1-5-15-39(16-6-1)40-27-31-46(32-28-40)60(47-33-29-41-25-26-42-30-36-54-56(55(42)51(41)37-47)61-57(59-54)43-17-7-2-8-18-43)48-34-35-50-49-23-13-14-24-52(49)58(53(50)38-48,44-19-9-3-10-20-44)45-21-11-4-12-22-45/h1-38H. The molecular formula is C58H38N2O. The van der Waals surface area contributed by atoms with E-state index in [9.17, 15) is 0 Å². The van der Waals surface area contributed by atoms with Crippen molar-refractivity contribution in [2.24, 2.45) is 0 Å². The summed E-state index contributed by atoms with van der Waals surface area (Å²) in [5.41, 5.74) is 15.2. The fourth-order valence-corrected chi connectivity index (χ4v) is 9.81. The summed E-state index contributed by atoms with van der Waals surface area (Å²) in [5.74, 6) is 0.621. The van der Waals surface area contributed by atoms with E-state index >= 15 is 0 Å². The number of anilines is 3. The van der Waals surface area contributed by atoms with Gasteiger partial charge in [-0.1, -0.05) is 176 Å². The summed E-state index contributed by atoms with van der Waals surface area (Å²) < 4.78 is 6.66. The van der Waals surface area contributed by atoms with Gasteiger partial charge in [0, 0.05) is 28.0 Å². The Balaban J connectivity index is 1.11. The van der Waals surface area contributed by atoms with E-state index in [1.54, 1.807) is 0 Å². The Hall–Kier alpha value is -8.01. The summed E-state index contributed by atoms with van der Waals surface area (Å²) in [6.45, 7) is 0. The van der Waals surface area contributed by atoms with Gasteiger partial charge in [-0.25, -0.2) is 4.98 Å². The van der Waals surface area contributed by atoms with Gasteiger partial charge in [0.15, 0.2) is 5.58 Å². The molecule has 1 heterocycles. The van der Waals surface area contributed by atoms with Crippen LogP contribution in [0.4, 0.5) is 17.1 Å². The molecule has 0 radical (unpaired) electrons. The van der Waals surface area contributed by atoms with Crippen molar-refractivity contribution in [3.63, 3.8) is 0 Å². The monoisotopic (exact) mass is 778 g/mol. The fourth-order valence-electron chi connectivity index (χ4n) is 9.81. The highest BCUT2D eigenvalue weighted by molar-refractivity contribution is 6.18. The molecule has 11 aromatic rings. The third-order valence-corrected chi connectivity index (χ3v) is 12.6. The summed E-state index contributed by atoms with van der Waals surface area (Å²) in [6, 6.07) is 83.2.